The lowest BCUT2D eigenvalue weighted by atomic mass is 10.2. The van der Waals surface area contributed by atoms with Crippen molar-refractivity contribution in [2.45, 2.75) is 0 Å². The van der Waals surface area contributed by atoms with Gasteiger partial charge in [-0.15, -0.1) is 0 Å². The predicted octanol–water partition coefficient (Wildman–Crippen LogP) is 1.98. The predicted molar refractivity (Wildman–Crippen MR) is 62.8 cm³/mol. The van der Waals surface area contributed by atoms with Gasteiger partial charge in [-0.1, -0.05) is 6.07 Å². The Morgan fingerprint density at radius 3 is 2.62 bits per heavy atom. The molecule has 3 heterocycles. The van der Waals surface area contributed by atoms with Crippen LogP contribution in [0, 0.1) is 0 Å². The molecule has 78 valence electrons. The number of pyridine rings is 2. The number of nitrogens with zero attached hydrogens (tertiary/aromatic N) is 3. The first-order valence-corrected chi connectivity index (χ1v) is 4.98. The molecule has 0 aliphatic rings. The first-order valence-electron chi connectivity index (χ1n) is 4.98. The number of aromatic nitrogens is 3. The zero-order valence-corrected chi connectivity index (χ0v) is 8.54. The highest BCUT2D eigenvalue weighted by Gasteiger charge is 2.04. The van der Waals surface area contributed by atoms with Crippen molar-refractivity contribution in [2.75, 3.05) is 5.73 Å². The molecule has 3 aromatic rings. The number of hydrogen-bond donors (Lipinski definition) is 1. The lowest BCUT2D eigenvalue weighted by Crippen LogP contribution is -1.93. The van der Waals surface area contributed by atoms with E-state index in [9.17, 15) is 0 Å². The minimum Gasteiger partial charge on any atom is -0.385 e. The van der Waals surface area contributed by atoms with E-state index in [0.29, 0.717) is 5.82 Å². The Bertz CT molecular complexity index is 628. The Hall–Kier alpha value is -2.36. The second-order valence-electron chi connectivity index (χ2n) is 3.54. The monoisotopic (exact) mass is 210 g/mol. The van der Waals surface area contributed by atoms with E-state index < -0.39 is 0 Å². The van der Waals surface area contributed by atoms with Crippen LogP contribution in [0.1, 0.15) is 0 Å². The van der Waals surface area contributed by atoms with Gasteiger partial charge in [-0.05, 0) is 24.3 Å². The number of rotatable bonds is 1. The molecule has 0 atom stereocenters. The highest BCUT2D eigenvalue weighted by Crippen LogP contribution is 2.19. The van der Waals surface area contributed by atoms with Gasteiger partial charge in [0.1, 0.15) is 11.5 Å². The summed E-state index contributed by atoms with van der Waals surface area (Å²) in [6.45, 7) is 0. The van der Waals surface area contributed by atoms with Gasteiger partial charge in [-0.2, -0.15) is 0 Å². The molecule has 0 aliphatic carbocycles. The van der Waals surface area contributed by atoms with E-state index in [4.69, 9.17) is 5.73 Å². The lowest BCUT2D eigenvalue weighted by Gasteiger charge is -1.95. The minimum atomic E-state index is 0.685. The summed E-state index contributed by atoms with van der Waals surface area (Å²) in [5, 5.41) is 0. The Labute approximate surface area is 92.4 Å². The zero-order valence-electron chi connectivity index (χ0n) is 8.54. The molecule has 2 N–H and O–H groups in total. The molecule has 0 saturated carbocycles. The van der Waals surface area contributed by atoms with Crippen molar-refractivity contribution in [3.8, 4) is 11.3 Å². The molecule has 16 heavy (non-hydrogen) atoms. The third kappa shape index (κ3) is 1.32. The second kappa shape index (κ2) is 3.34. The van der Waals surface area contributed by atoms with Crippen molar-refractivity contribution >= 4 is 11.5 Å². The number of fused-ring (bicyclic) bond motifs is 1. The molecule has 4 heteroatoms. The molecular formula is C12H10N4. The summed E-state index contributed by atoms with van der Waals surface area (Å²) in [4.78, 5) is 8.48. The molecule has 0 aromatic carbocycles. The van der Waals surface area contributed by atoms with E-state index in [2.05, 4.69) is 9.97 Å². The first-order chi connectivity index (χ1) is 7.84. The number of hydrogen-bond acceptors (Lipinski definition) is 3. The van der Waals surface area contributed by atoms with Crippen LogP contribution in [0.3, 0.4) is 0 Å². The third-order valence-corrected chi connectivity index (χ3v) is 2.50. The van der Waals surface area contributed by atoms with Gasteiger partial charge in [-0.25, -0.2) is 4.98 Å². The summed E-state index contributed by atoms with van der Waals surface area (Å²) in [6.07, 6.45) is 5.44. The van der Waals surface area contributed by atoms with E-state index in [0.717, 1.165) is 16.9 Å². The van der Waals surface area contributed by atoms with Crippen LogP contribution in [0.15, 0.2) is 48.9 Å². The fourth-order valence-corrected chi connectivity index (χ4v) is 1.69. The molecule has 0 spiro atoms. The Morgan fingerprint density at radius 1 is 1.06 bits per heavy atom. The standard InChI is InChI=1S/C12H10N4/c13-11-2-1-3-12-15-10(8-16(11)12)9-4-6-14-7-5-9/h1-8H,13H2. The maximum absolute atomic E-state index is 5.86. The van der Waals surface area contributed by atoms with Crippen molar-refractivity contribution in [1.82, 2.24) is 14.4 Å². The molecule has 0 fully saturated rings. The van der Waals surface area contributed by atoms with Gasteiger partial charge in [0, 0.05) is 24.2 Å². The van der Waals surface area contributed by atoms with Gasteiger partial charge in [0.25, 0.3) is 0 Å². The van der Waals surface area contributed by atoms with E-state index >= 15 is 0 Å². The molecule has 4 nitrogen and oxygen atoms in total. The van der Waals surface area contributed by atoms with E-state index in [1.54, 1.807) is 12.4 Å². The molecular weight excluding hydrogens is 200 g/mol. The Morgan fingerprint density at radius 2 is 1.88 bits per heavy atom. The topological polar surface area (TPSA) is 56.2 Å². The summed E-state index contributed by atoms with van der Waals surface area (Å²) in [5.41, 5.74) is 8.65. The molecule has 3 aromatic heterocycles. The molecule has 0 radical (unpaired) electrons. The van der Waals surface area contributed by atoms with Crippen molar-refractivity contribution in [3.63, 3.8) is 0 Å². The van der Waals surface area contributed by atoms with Crippen molar-refractivity contribution in [1.29, 1.82) is 0 Å². The quantitative estimate of drug-likeness (QED) is 0.668. The van der Waals surface area contributed by atoms with Crippen LogP contribution < -0.4 is 5.73 Å². The molecule has 0 bridgehead atoms. The van der Waals surface area contributed by atoms with Crippen molar-refractivity contribution in [2.24, 2.45) is 0 Å². The molecule has 0 aliphatic heterocycles. The summed E-state index contributed by atoms with van der Waals surface area (Å²) in [7, 11) is 0. The summed E-state index contributed by atoms with van der Waals surface area (Å²) in [6, 6.07) is 9.54. The number of nitrogen functional groups attached to an aromatic ring is 1. The maximum Gasteiger partial charge on any atom is 0.139 e. The number of nitrogens with two attached hydrogens (primary N) is 1. The van der Waals surface area contributed by atoms with Crippen molar-refractivity contribution < 1.29 is 0 Å². The lowest BCUT2D eigenvalue weighted by molar-refractivity contribution is 1.20. The van der Waals surface area contributed by atoms with E-state index in [1.807, 2.05) is 40.9 Å². The largest absolute Gasteiger partial charge is 0.385 e. The Kier molecular flexibility index (Phi) is 1.86. The van der Waals surface area contributed by atoms with Crippen molar-refractivity contribution in [3.05, 3.63) is 48.9 Å². The highest BCUT2D eigenvalue weighted by molar-refractivity contribution is 5.63. The summed E-state index contributed by atoms with van der Waals surface area (Å²) >= 11 is 0. The van der Waals surface area contributed by atoms with Gasteiger partial charge in [0.05, 0.1) is 5.69 Å². The normalized spacial score (nSPS) is 10.8. The van der Waals surface area contributed by atoms with Gasteiger partial charge < -0.3 is 5.73 Å². The Balaban J connectivity index is 2.23. The minimum absolute atomic E-state index is 0.685. The average Bonchev–Trinajstić information content (AvgIpc) is 2.76. The first kappa shape index (κ1) is 8.91. The van der Waals surface area contributed by atoms with Crippen LogP contribution in [-0.4, -0.2) is 14.4 Å². The third-order valence-electron chi connectivity index (χ3n) is 2.50. The van der Waals surface area contributed by atoms with Crippen LogP contribution >= 0.6 is 0 Å². The molecule has 0 unspecified atom stereocenters. The van der Waals surface area contributed by atoms with E-state index in [-0.39, 0.29) is 0 Å². The molecule has 0 saturated heterocycles. The summed E-state index contributed by atoms with van der Waals surface area (Å²) < 4.78 is 1.87. The number of anilines is 1. The zero-order chi connectivity index (χ0) is 11.0. The second-order valence-corrected chi connectivity index (χ2v) is 3.54. The van der Waals surface area contributed by atoms with E-state index in [1.165, 1.54) is 0 Å². The van der Waals surface area contributed by atoms with Crippen LogP contribution in [0.2, 0.25) is 0 Å². The van der Waals surface area contributed by atoms with Crippen LogP contribution in [0.4, 0.5) is 5.82 Å². The smallest absolute Gasteiger partial charge is 0.139 e. The fraction of sp³-hybridized carbons (Fsp3) is 0. The molecule has 0 amide bonds. The maximum atomic E-state index is 5.86. The highest BCUT2D eigenvalue weighted by atomic mass is 15.0. The average molecular weight is 210 g/mol. The fourth-order valence-electron chi connectivity index (χ4n) is 1.69. The van der Waals surface area contributed by atoms with Gasteiger partial charge in [0.15, 0.2) is 0 Å². The number of imidazole rings is 1. The SMILES string of the molecule is Nc1cccc2nc(-c3ccncc3)cn12. The van der Waals surface area contributed by atoms with Crippen LogP contribution in [-0.2, 0) is 0 Å². The van der Waals surface area contributed by atoms with Gasteiger partial charge >= 0.3 is 0 Å². The van der Waals surface area contributed by atoms with Crippen LogP contribution in [0.25, 0.3) is 16.9 Å². The summed E-state index contributed by atoms with van der Waals surface area (Å²) in [5.74, 6) is 0.685. The molecule has 3 rings (SSSR count). The van der Waals surface area contributed by atoms with Gasteiger partial charge in [-0.3, -0.25) is 9.38 Å². The van der Waals surface area contributed by atoms with Crippen LogP contribution in [0.5, 0.6) is 0 Å². The van der Waals surface area contributed by atoms with Gasteiger partial charge in [0.2, 0.25) is 0 Å².